The number of nitrogens with one attached hydrogen (secondary N) is 1. The molecule has 1 aromatic carbocycles. The summed E-state index contributed by atoms with van der Waals surface area (Å²) in [6.07, 6.45) is 2.15. The van der Waals surface area contributed by atoms with Crippen molar-refractivity contribution in [2.45, 2.75) is 38.8 Å². The highest BCUT2D eigenvalue weighted by molar-refractivity contribution is 7.11. The minimum atomic E-state index is 0.127. The summed E-state index contributed by atoms with van der Waals surface area (Å²) in [5.41, 5.74) is 1.23. The lowest BCUT2D eigenvalue weighted by Crippen LogP contribution is -2.21. The SMILES string of the molecule is CCNC(c1ccccc1)c1nnc(CCC(C)OC)s1. The smallest absolute Gasteiger partial charge is 0.139 e. The molecule has 0 spiro atoms. The molecule has 0 aliphatic rings. The lowest BCUT2D eigenvalue weighted by Gasteiger charge is -2.14. The van der Waals surface area contributed by atoms with Crippen molar-refractivity contribution in [1.29, 1.82) is 0 Å². The third kappa shape index (κ3) is 4.59. The van der Waals surface area contributed by atoms with Crippen LogP contribution < -0.4 is 5.32 Å². The maximum absolute atomic E-state index is 5.28. The van der Waals surface area contributed by atoms with Gasteiger partial charge in [0.25, 0.3) is 0 Å². The Kier molecular flexibility index (Phi) is 6.29. The lowest BCUT2D eigenvalue weighted by molar-refractivity contribution is 0.111. The summed E-state index contributed by atoms with van der Waals surface area (Å²) in [6, 6.07) is 10.5. The first kappa shape index (κ1) is 16.1. The van der Waals surface area contributed by atoms with Crippen LogP contribution in [0, 0.1) is 0 Å². The number of ether oxygens (including phenoxy) is 1. The molecular formula is C16H23N3OS. The normalized spacial score (nSPS) is 14.0. The van der Waals surface area contributed by atoms with Crippen molar-refractivity contribution < 1.29 is 4.74 Å². The maximum Gasteiger partial charge on any atom is 0.139 e. The van der Waals surface area contributed by atoms with E-state index in [2.05, 4.69) is 53.6 Å². The fourth-order valence-corrected chi connectivity index (χ4v) is 3.09. The van der Waals surface area contributed by atoms with Crippen LogP contribution >= 0.6 is 11.3 Å². The van der Waals surface area contributed by atoms with E-state index in [0.29, 0.717) is 0 Å². The van der Waals surface area contributed by atoms with Crippen LogP contribution in [0.3, 0.4) is 0 Å². The van der Waals surface area contributed by atoms with Gasteiger partial charge in [0.2, 0.25) is 0 Å². The molecule has 0 aliphatic heterocycles. The van der Waals surface area contributed by atoms with Gasteiger partial charge in [0, 0.05) is 13.5 Å². The molecule has 0 bridgehead atoms. The molecule has 0 saturated heterocycles. The van der Waals surface area contributed by atoms with Crippen LogP contribution in [-0.2, 0) is 11.2 Å². The maximum atomic E-state index is 5.28. The predicted molar refractivity (Wildman–Crippen MR) is 86.7 cm³/mol. The van der Waals surface area contributed by atoms with Crippen LogP contribution in [0.4, 0.5) is 0 Å². The largest absolute Gasteiger partial charge is 0.382 e. The molecule has 114 valence electrons. The lowest BCUT2D eigenvalue weighted by atomic mass is 10.1. The third-order valence-corrected chi connectivity index (χ3v) is 4.49. The Morgan fingerprint density at radius 2 is 2.00 bits per heavy atom. The van der Waals surface area contributed by atoms with Crippen molar-refractivity contribution in [2.75, 3.05) is 13.7 Å². The Morgan fingerprint density at radius 3 is 2.67 bits per heavy atom. The zero-order chi connectivity index (χ0) is 15.1. The van der Waals surface area contributed by atoms with Gasteiger partial charge in [0.1, 0.15) is 10.0 Å². The summed E-state index contributed by atoms with van der Waals surface area (Å²) in [7, 11) is 1.74. The highest BCUT2D eigenvalue weighted by atomic mass is 32.1. The molecule has 4 nitrogen and oxygen atoms in total. The molecular weight excluding hydrogens is 282 g/mol. The summed E-state index contributed by atoms with van der Waals surface area (Å²) in [5, 5.41) is 14.3. The van der Waals surface area contributed by atoms with E-state index < -0.39 is 0 Å². The molecule has 2 unspecified atom stereocenters. The highest BCUT2D eigenvalue weighted by Gasteiger charge is 2.18. The molecule has 0 saturated carbocycles. The van der Waals surface area contributed by atoms with E-state index >= 15 is 0 Å². The average Bonchev–Trinajstić information content (AvgIpc) is 2.99. The molecule has 1 heterocycles. The first-order valence-corrected chi connectivity index (χ1v) is 8.19. The van der Waals surface area contributed by atoms with Gasteiger partial charge in [-0.15, -0.1) is 10.2 Å². The van der Waals surface area contributed by atoms with Gasteiger partial charge in [-0.3, -0.25) is 0 Å². The van der Waals surface area contributed by atoms with Gasteiger partial charge < -0.3 is 10.1 Å². The van der Waals surface area contributed by atoms with Gasteiger partial charge in [0.05, 0.1) is 12.1 Å². The Morgan fingerprint density at radius 1 is 1.24 bits per heavy atom. The van der Waals surface area contributed by atoms with Crippen LogP contribution in [0.5, 0.6) is 0 Å². The van der Waals surface area contributed by atoms with Gasteiger partial charge in [-0.25, -0.2) is 0 Å². The molecule has 2 rings (SSSR count). The number of hydrogen-bond acceptors (Lipinski definition) is 5. The number of benzene rings is 1. The molecule has 2 aromatic rings. The summed E-state index contributed by atoms with van der Waals surface area (Å²) < 4.78 is 5.28. The van der Waals surface area contributed by atoms with Gasteiger partial charge in [-0.05, 0) is 25.5 Å². The van der Waals surface area contributed by atoms with E-state index in [-0.39, 0.29) is 12.1 Å². The van der Waals surface area contributed by atoms with E-state index in [1.54, 1.807) is 18.4 Å². The fraction of sp³-hybridized carbons (Fsp3) is 0.500. The summed E-state index contributed by atoms with van der Waals surface area (Å²) >= 11 is 1.69. The Bertz CT molecular complexity index is 529. The van der Waals surface area contributed by atoms with Crippen molar-refractivity contribution in [3.8, 4) is 0 Å². The van der Waals surface area contributed by atoms with Crippen molar-refractivity contribution in [2.24, 2.45) is 0 Å². The minimum absolute atomic E-state index is 0.127. The van der Waals surface area contributed by atoms with Crippen molar-refractivity contribution in [1.82, 2.24) is 15.5 Å². The number of aromatic nitrogens is 2. The van der Waals surface area contributed by atoms with E-state index in [1.807, 2.05) is 6.07 Å². The first-order valence-electron chi connectivity index (χ1n) is 7.38. The van der Waals surface area contributed by atoms with Crippen LogP contribution in [-0.4, -0.2) is 30.0 Å². The summed E-state index contributed by atoms with van der Waals surface area (Å²) in [5.74, 6) is 0. The summed E-state index contributed by atoms with van der Waals surface area (Å²) in [4.78, 5) is 0. The first-order chi connectivity index (χ1) is 10.2. The number of methoxy groups -OCH3 is 1. The molecule has 1 aromatic heterocycles. The van der Waals surface area contributed by atoms with E-state index in [4.69, 9.17) is 4.74 Å². The summed E-state index contributed by atoms with van der Waals surface area (Å²) in [6.45, 7) is 5.08. The van der Waals surface area contributed by atoms with Crippen LogP contribution in [0.25, 0.3) is 0 Å². The Hall–Kier alpha value is -1.30. The number of aryl methyl sites for hydroxylation is 1. The Balaban J connectivity index is 2.09. The second-order valence-corrected chi connectivity index (χ2v) is 6.11. The topological polar surface area (TPSA) is 47.0 Å². The zero-order valence-electron chi connectivity index (χ0n) is 12.9. The molecule has 0 fully saturated rings. The number of hydrogen-bond donors (Lipinski definition) is 1. The molecule has 0 amide bonds. The molecule has 21 heavy (non-hydrogen) atoms. The molecule has 0 aliphatic carbocycles. The highest BCUT2D eigenvalue weighted by Crippen LogP contribution is 2.25. The van der Waals surface area contributed by atoms with E-state index in [0.717, 1.165) is 29.4 Å². The van der Waals surface area contributed by atoms with Crippen molar-refractivity contribution >= 4 is 11.3 Å². The zero-order valence-corrected chi connectivity index (χ0v) is 13.7. The van der Waals surface area contributed by atoms with Gasteiger partial charge in [0.15, 0.2) is 0 Å². The van der Waals surface area contributed by atoms with E-state index in [1.165, 1.54) is 5.56 Å². The van der Waals surface area contributed by atoms with Gasteiger partial charge in [-0.1, -0.05) is 48.6 Å². The van der Waals surface area contributed by atoms with Crippen LogP contribution in [0.2, 0.25) is 0 Å². The molecule has 0 radical (unpaired) electrons. The predicted octanol–water partition coefficient (Wildman–Crippen LogP) is 3.20. The fourth-order valence-electron chi connectivity index (χ4n) is 2.13. The van der Waals surface area contributed by atoms with Gasteiger partial charge >= 0.3 is 0 Å². The van der Waals surface area contributed by atoms with Crippen LogP contribution in [0.1, 0.15) is 41.9 Å². The minimum Gasteiger partial charge on any atom is -0.382 e. The molecule has 1 N–H and O–H groups in total. The quantitative estimate of drug-likeness (QED) is 0.813. The number of rotatable bonds is 8. The third-order valence-electron chi connectivity index (χ3n) is 3.44. The van der Waals surface area contributed by atoms with Crippen molar-refractivity contribution in [3.63, 3.8) is 0 Å². The second-order valence-electron chi connectivity index (χ2n) is 5.02. The molecule has 2 atom stereocenters. The standard InChI is InChI=1S/C16H23N3OS/c1-4-17-15(13-8-6-5-7-9-13)16-19-18-14(21-16)11-10-12(2)20-3/h5-9,12,15,17H,4,10-11H2,1-3H3. The van der Waals surface area contributed by atoms with Gasteiger partial charge in [-0.2, -0.15) is 0 Å². The van der Waals surface area contributed by atoms with Crippen molar-refractivity contribution in [3.05, 3.63) is 45.9 Å². The average molecular weight is 305 g/mol. The van der Waals surface area contributed by atoms with E-state index in [9.17, 15) is 0 Å². The monoisotopic (exact) mass is 305 g/mol. The Labute approximate surface area is 130 Å². The second kappa shape index (κ2) is 8.22. The van der Waals surface area contributed by atoms with Crippen LogP contribution in [0.15, 0.2) is 30.3 Å². The molecule has 5 heteroatoms. The number of nitrogens with zero attached hydrogens (tertiary/aromatic N) is 2.